The largest absolute Gasteiger partial charge is 2.00 e. The van der Waals surface area contributed by atoms with Crippen LogP contribution in [0.15, 0.2) is 0 Å². The molecule has 0 atom stereocenters. The van der Waals surface area contributed by atoms with E-state index in [1.165, 1.54) is 0 Å². The van der Waals surface area contributed by atoms with Crippen LogP contribution in [-0.4, -0.2) is 39.6 Å². The van der Waals surface area contributed by atoms with Gasteiger partial charge in [-0.2, -0.15) is 0 Å². The Morgan fingerprint density at radius 1 is 0.500 bits per heavy atom. The molecule has 0 aliphatic heterocycles. The molecule has 0 aromatic carbocycles. The van der Waals surface area contributed by atoms with Crippen molar-refractivity contribution in [3.05, 3.63) is 0 Å². The predicted octanol–water partition coefficient (Wildman–Crippen LogP) is -0.766. The van der Waals surface area contributed by atoms with Gasteiger partial charge >= 0.3 is 0 Å². The SMILES string of the molecule is [Ga].[Ga].[S-2].[S-2]. The Labute approximate surface area is 66.1 Å². The summed E-state index contributed by atoms with van der Waals surface area (Å²) in [5.74, 6) is 0. The van der Waals surface area contributed by atoms with Crippen LogP contribution in [0.3, 0.4) is 0 Å². The minimum atomic E-state index is 0. The van der Waals surface area contributed by atoms with Crippen molar-refractivity contribution < 1.29 is 0 Å². The molecule has 0 aromatic rings. The summed E-state index contributed by atoms with van der Waals surface area (Å²) >= 11 is 0. The zero-order valence-electron chi connectivity index (χ0n) is 1.97. The van der Waals surface area contributed by atoms with Gasteiger partial charge in [-0.3, -0.25) is 0 Å². The van der Waals surface area contributed by atoms with Crippen LogP contribution in [0, 0.1) is 0 Å². The van der Waals surface area contributed by atoms with Gasteiger partial charge in [0.1, 0.15) is 0 Å². The van der Waals surface area contributed by atoms with Gasteiger partial charge in [-0.15, -0.1) is 0 Å². The van der Waals surface area contributed by atoms with Crippen molar-refractivity contribution in [2.45, 2.75) is 0 Å². The average molecular weight is 204 g/mol. The molecule has 0 aromatic heterocycles. The Morgan fingerprint density at radius 3 is 0.500 bits per heavy atom. The van der Waals surface area contributed by atoms with E-state index in [-0.39, 0.29) is 66.6 Å². The molecular formula is Ga2S2-4. The van der Waals surface area contributed by atoms with Crippen molar-refractivity contribution >= 4 is 66.6 Å². The van der Waals surface area contributed by atoms with Crippen LogP contribution >= 0.6 is 0 Å². The van der Waals surface area contributed by atoms with Crippen LogP contribution in [0.1, 0.15) is 0 Å². The van der Waals surface area contributed by atoms with Gasteiger partial charge in [0.25, 0.3) is 0 Å². The summed E-state index contributed by atoms with van der Waals surface area (Å²) in [5, 5.41) is 0. The zero-order chi connectivity index (χ0) is 0. The number of rotatable bonds is 0. The number of hydrogen-bond acceptors (Lipinski definition) is 0. The standard InChI is InChI=1S/2Ga.2S/q;;2*-2. The second-order valence-corrected chi connectivity index (χ2v) is 0. The second kappa shape index (κ2) is 20.2. The van der Waals surface area contributed by atoms with E-state index in [1.807, 2.05) is 0 Å². The third-order valence-electron chi connectivity index (χ3n) is 0. The fraction of sp³-hybridized carbons (Fsp3) is 0. The quantitative estimate of drug-likeness (QED) is 0.454. The third-order valence-corrected chi connectivity index (χ3v) is 0. The maximum Gasteiger partial charge on any atom is 0 e. The first-order valence-electron chi connectivity index (χ1n) is 0. The molecule has 4 heavy (non-hydrogen) atoms. The smallest absolute Gasteiger partial charge is 0 e. The molecule has 0 nitrogen and oxygen atoms in total. The normalized spacial score (nSPS) is 0. The molecule has 0 aliphatic rings. The van der Waals surface area contributed by atoms with E-state index in [0.717, 1.165) is 0 Å². The predicted molar refractivity (Wildman–Crippen MR) is 26.2 cm³/mol. The van der Waals surface area contributed by atoms with E-state index in [2.05, 4.69) is 0 Å². The Bertz CT molecular complexity index is 4.00. The molecule has 0 amide bonds. The molecule has 6 radical (unpaired) electrons. The van der Waals surface area contributed by atoms with Crippen molar-refractivity contribution in [3.63, 3.8) is 0 Å². The van der Waals surface area contributed by atoms with Crippen molar-refractivity contribution in [3.8, 4) is 0 Å². The molecule has 0 unspecified atom stereocenters. The van der Waals surface area contributed by atoms with E-state index < -0.39 is 0 Å². The van der Waals surface area contributed by atoms with Gasteiger partial charge in [0.15, 0.2) is 0 Å². The summed E-state index contributed by atoms with van der Waals surface area (Å²) in [6.45, 7) is 0. The van der Waals surface area contributed by atoms with Gasteiger partial charge in [0, 0.05) is 39.6 Å². The van der Waals surface area contributed by atoms with Crippen molar-refractivity contribution in [2.24, 2.45) is 0 Å². The molecule has 0 aliphatic carbocycles. The van der Waals surface area contributed by atoms with Crippen LogP contribution in [0.4, 0.5) is 0 Å². The second-order valence-electron chi connectivity index (χ2n) is 0. The van der Waals surface area contributed by atoms with Crippen LogP contribution in [0.5, 0.6) is 0 Å². The molecule has 0 heterocycles. The summed E-state index contributed by atoms with van der Waals surface area (Å²) < 4.78 is 0. The Balaban J connectivity index is 0. The molecule has 0 rings (SSSR count). The van der Waals surface area contributed by atoms with Crippen LogP contribution in [-0.2, 0) is 27.0 Å². The molecule has 0 fully saturated rings. The van der Waals surface area contributed by atoms with E-state index in [0.29, 0.717) is 0 Å². The van der Waals surface area contributed by atoms with E-state index in [1.54, 1.807) is 0 Å². The molecule has 22 valence electrons. The third kappa shape index (κ3) is 9.02. The molecule has 0 bridgehead atoms. The van der Waals surface area contributed by atoms with E-state index in [4.69, 9.17) is 0 Å². The Kier molecular flexibility index (Phi) is 191. The molecule has 0 N–H and O–H groups in total. The first-order chi connectivity index (χ1) is 0. The Morgan fingerprint density at radius 2 is 0.500 bits per heavy atom. The summed E-state index contributed by atoms with van der Waals surface area (Å²) in [5.41, 5.74) is 0. The zero-order valence-corrected chi connectivity index (χ0v) is 8.45. The molecular weight excluding hydrogens is 204 g/mol. The average Bonchev–Trinajstić information content (AvgIpc) is 0. The maximum atomic E-state index is 0. The van der Waals surface area contributed by atoms with Crippen LogP contribution in [0.2, 0.25) is 0 Å². The topological polar surface area (TPSA) is 0 Å². The van der Waals surface area contributed by atoms with Crippen molar-refractivity contribution in [1.82, 2.24) is 0 Å². The summed E-state index contributed by atoms with van der Waals surface area (Å²) in [6.07, 6.45) is 0. The van der Waals surface area contributed by atoms with Crippen LogP contribution < -0.4 is 0 Å². The van der Waals surface area contributed by atoms with Gasteiger partial charge in [0.05, 0.1) is 0 Å². The fourth-order valence-corrected chi connectivity index (χ4v) is 0. The monoisotopic (exact) mass is 202 g/mol. The first-order valence-corrected chi connectivity index (χ1v) is 0. The summed E-state index contributed by atoms with van der Waals surface area (Å²) in [7, 11) is 0. The van der Waals surface area contributed by atoms with Gasteiger partial charge in [-0.25, -0.2) is 0 Å². The van der Waals surface area contributed by atoms with Gasteiger partial charge in [0.2, 0.25) is 0 Å². The van der Waals surface area contributed by atoms with Gasteiger partial charge in [-0.1, -0.05) is 0 Å². The first kappa shape index (κ1) is 38.0. The van der Waals surface area contributed by atoms with E-state index in [9.17, 15) is 0 Å². The van der Waals surface area contributed by atoms with Crippen molar-refractivity contribution in [1.29, 1.82) is 0 Å². The molecule has 0 spiro atoms. The number of hydrogen-bond donors (Lipinski definition) is 0. The summed E-state index contributed by atoms with van der Waals surface area (Å²) in [4.78, 5) is 0. The summed E-state index contributed by atoms with van der Waals surface area (Å²) in [6, 6.07) is 0. The minimum Gasteiger partial charge on any atom is -2.00 e. The minimum absolute atomic E-state index is 0. The maximum absolute atomic E-state index is 0. The molecule has 0 saturated heterocycles. The Hall–Kier alpha value is 1.97. The van der Waals surface area contributed by atoms with E-state index >= 15 is 0 Å². The molecule has 4 heteroatoms. The van der Waals surface area contributed by atoms with Gasteiger partial charge < -0.3 is 27.0 Å². The van der Waals surface area contributed by atoms with Crippen LogP contribution in [0.25, 0.3) is 0 Å². The van der Waals surface area contributed by atoms with Crippen molar-refractivity contribution in [2.75, 3.05) is 0 Å². The fourth-order valence-electron chi connectivity index (χ4n) is 0. The molecule has 0 saturated carbocycles. The van der Waals surface area contributed by atoms with Gasteiger partial charge in [-0.05, 0) is 0 Å².